The number of aliphatic hydroxyl groups is 1. The average Bonchev–Trinajstić information content (AvgIpc) is 2.46. The minimum absolute atomic E-state index is 0.218. The van der Waals surface area contributed by atoms with Gasteiger partial charge in [0.25, 0.3) is 0 Å². The molecular formula is C16H28N2O2. The molecule has 0 aliphatic rings. The molecule has 4 heteroatoms. The third kappa shape index (κ3) is 5.80. The Kier molecular flexibility index (Phi) is 8.07. The molecule has 0 aliphatic carbocycles. The maximum Gasteiger partial charge on any atom is 0.119 e. The van der Waals surface area contributed by atoms with Crippen LogP contribution < -0.4 is 10.5 Å². The molecule has 0 bridgehead atoms. The van der Waals surface area contributed by atoms with Gasteiger partial charge in [0, 0.05) is 24.8 Å². The standard InChI is InChI=1S/C16H28N2O2/c1-3-15(4-2)18(11-12-19)10-5-13-20-16-8-6-14(17)7-9-16/h6-9,15,19H,3-5,10-13,17H2,1-2H3. The number of rotatable bonds is 10. The van der Waals surface area contributed by atoms with Gasteiger partial charge >= 0.3 is 0 Å². The van der Waals surface area contributed by atoms with Crippen LogP contribution in [-0.2, 0) is 0 Å². The lowest BCUT2D eigenvalue weighted by Crippen LogP contribution is -2.37. The van der Waals surface area contributed by atoms with E-state index in [1.165, 1.54) is 0 Å². The van der Waals surface area contributed by atoms with Crippen molar-refractivity contribution >= 4 is 5.69 Å². The van der Waals surface area contributed by atoms with E-state index in [0.29, 0.717) is 12.6 Å². The number of nitrogen functional groups attached to an aromatic ring is 1. The number of hydrogen-bond acceptors (Lipinski definition) is 4. The first-order chi connectivity index (χ1) is 9.71. The fourth-order valence-electron chi connectivity index (χ4n) is 2.43. The average molecular weight is 280 g/mol. The van der Waals surface area contributed by atoms with E-state index >= 15 is 0 Å². The molecular weight excluding hydrogens is 252 g/mol. The molecule has 0 saturated carbocycles. The number of anilines is 1. The van der Waals surface area contributed by atoms with Gasteiger partial charge < -0.3 is 15.6 Å². The largest absolute Gasteiger partial charge is 0.494 e. The lowest BCUT2D eigenvalue weighted by atomic mass is 10.1. The molecule has 0 saturated heterocycles. The summed E-state index contributed by atoms with van der Waals surface area (Å²) in [5.74, 6) is 0.857. The van der Waals surface area contributed by atoms with Crippen molar-refractivity contribution in [2.24, 2.45) is 0 Å². The van der Waals surface area contributed by atoms with Crippen molar-refractivity contribution in [3.05, 3.63) is 24.3 Å². The summed E-state index contributed by atoms with van der Waals surface area (Å²) in [5, 5.41) is 9.15. The molecule has 0 heterocycles. The van der Waals surface area contributed by atoms with E-state index in [-0.39, 0.29) is 6.61 Å². The molecule has 20 heavy (non-hydrogen) atoms. The smallest absolute Gasteiger partial charge is 0.119 e. The van der Waals surface area contributed by atoms with Crippen molar-refractivity contribution in [2.45, 2.75) is 39.2 Å². The number of ether oxygens (including phenoxy) is 1. The molecule has 0 spiro atoms. The summed E-state index contributed by atoms with van der Waals surface area (Å²) in [6.07, 6.45) is 3.20. The van der Waals surface area contributed by atoms with Crippen molar-refractivity contribution < 1.29 is 9.84 Å². The Labute approximate surface area is 122 Å². The molecule has 0 amide bonds. The van der Waals surface area contributed by atoms with Crippen LogP contribution in [0.5, 0.6) is 5.75 Å². The molecule has 0 fully saturated rings. The minimum atomic E-state index is 0.218. The summed E-state index contributed by atoms with van der Waals surface area (Å²) in [5.41, 5.74) is 6.38. The van der Waals surface area contributed by atoms with E-state index in [1.807, 2.05) is 24.3 Å². The maximum atomic E-state index is 9.15. The Morgan fingerprint density at radius 3 is 2.35 bits per heavy atom. The molecule has 1 rings (SSSR count). The minimum Gasteiger partial charge on any atom is -0.494 e. The van der Waals surface area contributed by atoms with Crippen LogP contribution in [0.3, 0.4) is 0 Å². The predicted molar refractivity (Wildman–Crippen MR) is 84.0 cm³/mol. The zero-order chi connectivity index (χ0) is 14.8. The van der Waals surface area contributed by atoms with Gasteiger partial charge in [-0.15, -0.1) is 0 Å². The second-order valence-corrected chi connectivity index (χ2v) is 5.00. The molecule has 0 atom stereocenters. The van der Waals surface area contributed by atoms with Crippen LogP contribution in [0.1, 0.15) is 33.1 Å². The van der Waals surface area contributed by atoms with Crippen LogP contribution in [0.15, 0.2) is 24.3 Å². The van der Waals surface area contributed by atoms with Crippen molar-refractivity contribution in [3.63, 3.8) is 0 Å². The highest BCUT2D eigenvalue weighted by Crippen LogP contribution is 2.14. The van der Waals surface area contributed by atoms with E-state index in [4.69, 9.17) is 15.6 Å². The molecule has 0 radical (unpaired) electrons. The van der Waals surface area contributed by atoms with Gasteiger partial charge in [-0.3, -0.25) is 4.90 Å². The second kappa shape index (κ2) is 9.61. The van der Waals surface area contributed by atoms with E-state index in [0.717, 1.165) is 43.8 Å². The zero-order valence-corrected chi connectivity index (χ0v) is 12.7. The predicted octanol–water partition coefficient (Wildman–Crippen LogP) is 2.52. The quantitative estimate of drug-likeness (QED) is 0.511. The highest BCUT2D eigenvalue weighted by Gasteiger charge is 2.13. The Balaban J connectivity index is 2.31. The second-order valence-electron chi connectivity index (χ2n) is 5.00. The van der Waals surface area contributed by atoms with Crippen LogP contribution in [0.4, 0.5) is 5.69 Å². The topological polar surface area (TPSA) is 58.7 Å². The van der Waals surface area contributed by atoms with E-state index in [2.05, 4.69) is 18.7 Å². The Morgan fingerprint density at radius 1 is 1.15 bits per heavy atom. The van der Waals surface area contributed by atoms with Crippen molar-refractivity contribution in [1.29, 1.82) is 0 Å². The first-order valence-electron chi connectivity index (χ1n) is 7.54. The van der Waals surface area contributed by atoms with E-state index < -0.39 is 0 Å². The maximum absolute atomic E-state index is 9.15. The number of hydrogen-bond donors (Lipinski definition) is 2. The van der Waals surface area contributed by atoms with Crippen LogP contribution in [0.2, 0.25) is 0 Å². The van der Waals surface area contributed by atoms with Gasteiger partial charge in [0.2, 0.25) is 0 Å². The Morgan fingerprint density at radius 2 is 1.80 bits per heavy atom. The SMILES string of the molecule is CCC(CC)N(CCO)CCCOc1ccc(N)cc1. The van der Waals surface area contributed by atoms with Gasteiger partial charge in [0.1, 0.15) is 5.75 Å². The summed E-state index contributed by atoms with van der Waals surface area (Å²) in [6, 6.07) is 8.03. The van der Waals surface area contributed by atoms with Crippen molar-refractivity contribution in [1.82, 2.24) is 4.90 Å². The highest BCUT2D eigenvalue weighted by molar-refractivity contribution is 5.41. The third-order valence-corrected chi connectivity index (χ3v) is 3.58. The van der Waals surface area contributed by atoms with Crippen LogP contribution in [0, 0.1) is 0 Å². The lowest BCUT2D eigenvalue weighted by molar-refractivity contribution is 0.134. The van der Waals surface area contributed by atoms with E-state index in [1.54, 1.807) is 0 Å². The first kappa shape index (κ1) is 16.8. The summed E-state index contributed by atoms with van der Waals surface area (Å²) in [6.45, 7) is 7.00. The van der Waals surface area contributed by atoms with Gasteiger partial charge in [-0.05, 0) is 43.5 Å². The number of benzene rings is 1. The monoisotopic (exact) mass is 280 g/mol. The third-order valence-electron chi connectivity index (χ3n) is 3.58. The Hall–Kier alpha value is -1.26. The molecule has 114 valence electrons. The molecule has 4 nitrogen and oxygen atoms in total. The molecule has 1 aromatic rings. The molecule has 0 aliphatic heterocycles. The normalized spacial score (nSPS) is 11.2. The zero-order valence-electron chi connectivity index (χ0n) is 12.7. The first-order valence-corrected chi connectivity index (χ1v) is 7.54. The molecule has 1 aromatic carbocycles. The van der Waals surface area contributed by atoms with Gasteiger partial charge in [0.05, 0.1) is 13.2 Å². The molecule has 0 aromatic heterocycles. The summed E-state index contributed by atoms with van der Waals surface area (Å²) < 4.78 is 5.69. The van der Waals surface area contributed by atoms with Crippen LogP contribution in [-0.4, -0.2) is 42.4 Å². The fraction of sp³-hybridized carbons (Fsp3) is 0.625. The molecule has 0 unspecified atom stereocenters. The number of nitrogens with two attached hydrogens (primary N) is 1. The van der Waals surface area contributed by atoms with Crippen LogP contribution >= 0.6 is 0 Å². The van der Waals surface area contributed by atoms with Gasteiger partial charge in [-0.25, -0.2) is 0 Å². The lowest BCUT2D eigenvalue weighted by Gasteiger charge is -2.29. The Bertz CT molecular complexity index is 350. The number of nitrogens with zero attached hydrogens (tertiary/aromatic N) is 1. The van der Waals surface area contributed by atoms with Crippen molar-refractivity contribution in [2.75, 3.05) is 32.0 Å². The van der Waals surface area contributed by atoms with Crippen molar-refractivity contribution in [3.8, 4) is 5.75 Å². The molecule has 3 N–H and O–H groups in total. The summed E-state index contributed by atoms with van der Waals surface area (Å²) >= 11 is 0. The van der Waals surface area contributed by atoms with Gasteiger partial charge in [0.15, 0.2) is 0 Å². The fourth-order valence-corrected chi connectivity index (χ4v) is 2.43. The summed E-state index contributed by atoms with van der Waals surface area (Å²) in [4.78, 5) is 2.35. The van der Waals surface area contributed by atoms with E-state index in [9.17, 15) is 0 Å². The highest BCUT2D eigenvalue weighted by atomic mass is 16.5. The van der Waals surface area contributed by atoms with Gasteiger partial charge in [-0.1, -0.05) is 13.8 Å². The number of aliphatic hydroxyl groups excluding tert-OH is 1. The van der Waals surface area contributed by atoms with Crippen LogP contribution in [0.25, 0.3) is 0 Å². The summed E-state index contributed by atoms with van der Waals surface area (Å²) in [7, 11) is 0. The van der Waals surface area contributed by atoms with Gasteiger partial charge in [-0.2, -0.15) is 0 Å².